The fraction of sp³-hybridized carbons (Fsp3) is 0.263. The first-order valence-corrected chi connectivity index (χ1v) is 8.25. The predicted molar refractivity (Wildman–Crippen MR) is 96.0 cm³/mol. The molecule has 122 valence electrons. The molecule has 1 N–H and O–H groups in total. The third kappa shape index (κ3) is 2.90. The van der Waals surface area contributed by atoms with Crippen LogP contribution in [0.5, 0.6) is 0 Å². The minimum atomic E-state index is 0.419. The van der Waals surface area contributed by atoms with E-state index in [0.717, 1.165) is 54.3 Å². The predicted octanol–water partition coefficient (Wildman–Crippen LogP) is 3.63. The molecular formula is C19H20N4O. The van der Waals surface area contributed by atoms with Crippen LogP contribution in [0.2, 0.25) is 0 Å². The van der Waals surface area contributed by atoms with Crippen LogP contribution in [0.4, 0.5) is 5.82 Å². The molecule has 5 nitrogen and oxygen atoms in total. The Bertz CT molecular complexity index is 847. The molecule has 4 rings (SSSR count). The SMILES string of the molecule is C=Cc1ccc(-c2cnc3ccc(NC4CCOCC4)nn23)cc1. The summed E-state index contributed by atoms with van der Waals surface area (Å²) in [6.07, 6.45) is 5.73. The van der Waals surface area contributed by atoms with Crippen molar-refractivity contribution < 1.29 is 4.74 Å². The van der Waals surface area contributed by atoms with Crippen LogP contribution in [-0.2, 0) is 4.74 Å². The van der Waals surface area contributed by atoms with Gasteiger partial charge >= 0.3 is 0 Å². The third-order valence-corrected chi connectivity index (χ3v) is 4.38. The van der Waals surface area contributed by atoms with Crippen LogP contribution in [0.25, 0.3) is 23.0 Å². The monoisotopic (exact) mass is 320 g/mol. The lowest BCUT2D eigenvalue weighted by Gasteiger charge is -2.23. The summed E-state index contributed by atoms with van der Waals surface area (Å²) in [5.41, 5.74) is 4.01. The van der Waals surface area contributed by atoms with Crippen molar-refractivity contribution in [3.63, 3.8) is 0 Å². The lowest BCUT2D eigenvalue weighted by molar-refractivity contribution is 0.0903. The fourth-order valence-corrected chi connectivity index (χ4v) is 2.99. The number of anilines is 1. The molecule has 1 fully saturated rings. The van der Waals surface area contributed by atoms with Gasteiger partial charge in [0.2, 0.25) is 0 Å². The Balaban J connectivity index is 1.65. The van der Waals surface area contributed by atoms with Gasteiger partial charge in [-0.15, -0.1) is 5.10 Å². The van der Waals surface area contributed by atoms with Gasteiger partial charge in [-0.1, -0.05) is 36.9 Å². The number of fused-ring (bicyclic) bond motifs is 1. The van der Waals surface area contributed by atoms with E-state index < -0.39 is 0 Å². The van der Waals surface area contributed by atoms with Crippen LogP contribution in [0, 0.1) is 0 Å². The summed E-state index contributed by atoms with van der Waals surface area (Å²) >= 11 is 0. The smallest absolute Gasteiger partial charge is 0.154 e. The van der Waals surface area contributed by atoms with E-state index in [1.165, 1.54) is 0 Å². The quantitative estimate of drug-likeness (QED) is 0.797. The maximum atomic E-state index is 5.41. The molecule has 0 amide bonds. The Morgan fingerprint density at radius 2 is 1.92 bits per heavy atom. The lowest BCUT2D eigenvalue weighted by Crippen LogP contribution is -2.28. The van der Waals surface area contributed by atoms with Gasteiger partial charge in [0, 0.05) is 24.8 Å². The standard InChI is InChI=1S/C19H20N4O/c1-2-14-3-5-15(6-4-14)17-13-20-19-8-7-18(22-23(17)19)21-16-9-11-24-12-10-16/h2-8,13,16H,1,9-12H2,(H,21,22). The first-order valence-electron chi connectivity index (χ1n) is 8.25. The first kappa shape index (κ1) is 14.9. The molecule has 1 aromatic carbocycles. The van der Waals surface area contributed by atoms with E-state index in [-0.39, 0.29) is 0 Å². The Kier molecular flexibility index (Phi) is 4.01. The molecule has 5 heteroatoms. The number of aromatic nitrogens is 3. The summed E-state index contributed by atoms with van der Waals surface area (Å²) in [7, 11) is 0. The second kappa shape index (κ2) is 6.45. The Labute approximate surface area is 141 Å². The summed E-state index contributed by atoms with van der Waals surface area (Å²) < 4.78 is 7.30. The average molecular weight is 320 g/mol. The highest BCUT2D eigenvalue weighted by atomic mass is 16.5. The third-order valence-electron chi connectivity index (χ3n) is 4.38. The molecule has 0 atom stereocenters. The second-order valence-electron chi connectivity index (χ2n) is 5.99. The molecule has 0 saturated carbocycles. The van der Waals surface area contributed by atoms with Gasteiger partial charge in [0.05, 0.1) is 11.9 Å². The van der Waals surface area contributed by atoms with Crippen LogP contribution in [-0.4, -0.2) is 33.9 Å². The largest absolute Gasteiger partial charge is 0.381 e. The number of hydrogen-bond donors (Lipinski definition) is 1. The number of nitrogens with one attached hydrogen (secondary N) is 1. The topological polar surface area (TPSA) is 51.5 Å². The maximum absolute atomic E-state index is 5.41. The molecule has 2 aromatic heterocycles. The van der Waals surface area contributed by atoms with E-state index in [1.807, 2.05) is 41.1 Å². The molecule has 1 aliphatic rings. The zero-order valence-electron chi connectivity index (χ0n) is 13.5. The highest BCUT2D eigenvalue weighted by molar-refractivity contribution is 5.65. The van der Waals surface area contributed by atoms with Gasteiger partial charge < -0.3 is 10.1 Å². The number of nitrogens with zero attached hydrogens (tertiary/aromatic N) is 3. The molecule has 0 bridgehead atoms. The van der Waals surface area contributed by atoms with Gasteiger partial charge in [0.25, 0.3) is 0 Å². The van der Waals surface area contributed by atoms with Gasteiger partial charge in [0.1, 0.15) is 5.82 Å². The van der Waals surface area contributed by atoms with Crippen molar-refractivity contribution in [1.29, 1.82) is 0 Å². The van der Waals surface area contributed by atoms with Gasteiger partial charge in [-0.2, -0.15) is 0 Å². The van der Waals surface area contributed by atoms with Crippen molar-refractivity contribution in [2.24, 2.45) is 0 Å². The molecule has 24 heavy (non-hydrogen) atoms. The molecule has 3 aromatic rings. The van der Waals surface area contributed by atoms with Crippen molar-refractivity contribution in [2.75, 3.05) is 18.5 Å². The minimum Gasteiger partial charge on any atom is -0.381 e. The zero-order valence-corrected chi connectivity index (χ0v) is 13.5. The van der Waals surface area contributed by atoms with Crippen molar-refractivity contribution in [3.05, 3.63) is 54.7 Å². The lowest BCUT2D eigenvalue weighted by atomic mass is 10.1. The van der Waals surface area contributed by atoms with E-state index in [2.05, 4.69) is 29.0 Å². The van der Waals surface area contributed by atoms with Crippen molar-refractivity contribution in [3.8, 4) is 11.3 Å². The summed E-state index contributed by atoms with van der Waals surface area (Å²) in [5.74, 6) is 0.872. The summed E-state index contributed by atoms with van der Waals surface area (Å²) in [4.78, 5) is 4.46. The second-order valence-corrected chi connectivity index (χ2v) is 5.99. The van der Waals surface area contributed by atoms with Crippen molar-refractivity contribution in [2.45, 2.75) is 18.9 Å². The normalized spacial score (nSPS) is 15.5. The molecule has 1 saturated heterocycles. The summed E-state index contributed by atoms with van der Waals surface area (Å²) in [6.45, 7) is 5.42. The van der Waals surface area contributed by atoms with Crippen LogP contribution >= 0.6 is 0 Å². The Morgan fingerprint density at radius 3 is 2.67 bits per heavy atom. The van der Waals surface area contributed by atoms with Gasteiger partial charge in [-0.25, -0.2) is 9.50 Å². The molecular weight excluding hydrogens is 300 g/mol. The molecule has 0 spiro atoms. The van der Waals surface area contributed by atoms with Gasteiger partial charge in [-0.3, -0.25) is 0 Å². The Hall–Kier alpha value is -2.66. The fourth-order valence-electron chi connectivity index (χ4n) is 2.99. The van der Waals surface area contributed by atoms with Crippen LogP contribution in [0.3, 0.4) is 0 Å². The van der Waals surface area contributed by atoms with Crippen molar-refractivity contribution >= 4 is 17.5 Å². The van der Waals surface area contributed by atoms with E-state index in [0.29, 0.717) is 6.04 Å². The number of ether oxygens (including phenoxy) is 1. The molecule has 0 radical (unpaired) electrons. The van der Waals surface area contributed by atoms with Gasteiger partial charge in [-0.05, 0) is 30.5 Å². The van der Waals surface area contributed by atoms with Crippen molar-refractivity contribution in [1.82, 2.24) is 14.6 Å². The highest BCUT2D eigenvalue weighted by Crippen LogP contribution is 2.22. The first-order chi connectivity index (χ1) is 11.8. The van der Waals surface area contributed by atoms with Crippen LogP contribution < -0.4 is 5.32 Å². The number of imidazole rings is 1. The number of rotatable bonds is 4. The highest BCUT2D eigenvalue weighted by Gasteiger charge is 2.15. The average Bonchev–Trinajstić information content (AvgIpc) is 3.06. The summed E-state index contributed by atoms with van der Waals surface area (Å²) in [5, 5.41) is 8.24. The van der Waals surface area contributed by atoms with E-state index in [9.17, 15) is 0 Å². The summed E-state index contributed by atoms with van der Waals surface area (Å²) in [6, 6.07) is 12.6. The zero-order chi connectivity index (χ0) is 16.4. The van der Waals surface area contributed by atoms with Gasteiger partial charge in [0.15, 0.2) is 5.65 Å². The number of hydrogen-bond acceptors (Lipinski definition) is 4. The number of benzene rings is 1. The van der Waals surface area contributed by atoms with E-state index in [4.69, 9.17) is 9.84 Å². The molecule has 3 heterocycles. The molecule has 1 aliphatic heterocycles. The molecule has 0 aliphatic carbocycles. The van der Waals surface area contributed by atoms with E-state index >= 15 is 0 Å². The van der Waals surface area contributed by atoms with Crippen LogP contribution in [0.15, 0.2) is 49.2 Å². The van der Waals surface area contributed by atoms with Crippen LogP contribution in [0.1, 0.15) is 18.4 Å². The Morgan fingerprint density at radius 1 is 1.12 bits per heavy atom. The maximum Gasteiger partial charge on any atom is 0.154 e. The van der Waals surface area contributed by atoms with E-state index in [1.54, 1.807) is 0 Å². The molecule has 0 unspecified atom stereocenters. The minimum absolute atomic E-state index is 0.419.